The standard InChI is InChI=1S/C14H26N2O4/c1-8(15-12(20)14(5,6)7)10(17)16-9(11(18)19)13(2,3)4/h8-9H,1-7H3,(H,15,20)(H,16,17)(H,18,19)/t8?,9-/m0/s1. The summed E-state index contributed by atoms with van der Waals surface area (Å²) in [5, 5.41) is 14.2. The number of carbonyl (C=O) groups excluding carboxylic acids is 2. The molecule has 6 nitrogen and oxygen atoms in total. The normalized spacial score (nSPS) is 15.2. The van der Waals surface area contributed by atoms with Crippen LogP contribution in [0, 0.1) is 10.8 Å². The summed E-state index contributed by atoms with van der Waals surface area (Å²) < 4.78 is 0. The third-order valence-corrected chi connectivity index (χ3v) is 2.82. The van der Waals surface area contributed by atoms with Crippen LogP contribution in [0.25, 0.3) is 0 Å². The molecule has 20 heavy (non-hydrogen) atoms. The lowest BCUT2D eigenvalue weighted by Gasteiger charge is -2.29. The van der Waals surface area contributed by atoms with E-state index in [-0.39, 0.29) is 5.91 Å². The Hall–Kier alpha value is -1.59. The van der Waals surface area contributed by atoms with Gasteiger partial charge in [-0.2, -0.15) is 0 Å². The van der Waals surface area contributed by atoms with Crippen LogP contribution < -0.4 is 10.6 Å². The summed E-state index contributed by atoms with van der Waals surface area (Å²) in [6.07, 6.45) is 0. The topological polar surface area (TPSA) is 95.5 Å². The van der Waals surface area contributed by atoms with Crippen LogP contribution in [0.5, 0.6) is 0 Å². The molecule has 0 aromatic heterocycles. The van der Waals surface area contributed by atoms with E-state index < -0.39 is 34.8 Å². The molecule has 2 atom stereocenters. The molecule has 0 fully saturated rings. The second-order valence-corrected chi connectivity index (χ2v) is 7.09. The Morgan fingerprint density at radius 3 is 1.70 bits per heavy atom. The van der Waals surface area contributed by atoms with E-state index in [9.17, 15) is 14.4 Å². The lowest BCUT2D eigenvalue weighted by atomic mass is 9.86. The van der Waals surface area contributed by atoms with Gasteiger partial charge in [-0.05, 0) is 12.3 Å². The van der Waals surface area contributed by atoms with E-state index in [2.05, 4.69) is 10.6 Å². The van der Waals surface area contributed by atoms with Crippen molar-refractivity contribution in [1.82, 2.24) is 10.6 Å². The van der Waals surface area contributed by atoms with Gasteiger partial charge in [-0.15, -0.1) is 0 Å². The highest BCUT2D eigenvalue weighted by Crippen LogP contribution is 2.19. The fourth-order valence-corrected chi connectivity index (χ4v) is 1.39. The minimum absolute atomic E-state index is 0.261. The van der Waals surface area contributed by atoms with E-state index in [1.807, 2.05) is 0 Å². The molecule has 0 spiro atoms. The Kier molecular flexibility index (Phi) is 5.74. The second kappa shape index (κ2) is 6.24. The molecule has 0 aliphatic rings. The molecule has 6 heteroatoms. The third-order valence-electron chi connectivity index (χ3n) is 2.82. The largest absolute Gasteiger partial charge is 0.480 e. The van der Waals surface area contributed by atoms with Gasteiger partial charge in [0.05, 0.1) is 0 Å². The first-order chi connectivity index (χ1) is 8.76. The van der Waals surface area contributed by atoms with Crippen molar-refractivity contribution in [3.05, 3.63) is 0 Å². The van der Waals surface area contributed by atoms with Gasteiger partial charge in [0.2, 0.25) is 11.8 Å². The highest BCUT2D eigenvalue weighted by atomic mass is 16.4. The fourth-order valence-electron chi connectivity index (χ4n) is 1.39. The van der Waals surface area contributed by atoms with Gasteiger partial charge in [-0.3, -0.25) is 9.59 Å². The maximum absolute atomic E-state index is 12.0. The van der Waals surface area contributed by atoms with Crippen molar-refractivity contribution in [2.75, 3.05) is 0 Å². The van der Waals surface area contributed by atoms with Crippen molar-refractivity contribution in [2.45, 2.75) is 60.5 Å². The lowest BCUT2D eigenvalue weighted by Crippen LogP contribution is -2.55. The highest BCUT2D eigenvalue weighted by Gasteiger charge is 2.34. The fraction of sp³-hybridized carbons (Fsp3) is 0.786. The van der Waals surface area contributed by atoms with E-state index in [0.29, 0.717) is 0 Å². The van der Waals surface area contributed by atoms with Crippen LogP contribution in [0.2, 0.25) is 0 Å². The monoisotopic (exact) mass is 286 g/mol. The minimum atomic E-state index is -1.10. The third kappa shape index (κ3) is 5.59. The van der Waals surface area contributed by atoms with Crippen LogP contribution in [-0.2, 0) is 14.4 Å². The molecule has 0 aliphatic heterocycles. The van der Waals surface area contributed by atoms with Crippen LogP contribution >= 0.6 is 0 Å². The van der Waals surface area contributed by atoms with Gasteiger partial charge in [0.1, 0.15) is 12.1 Å². The molecule has 0 aliphatic carbocycles. The summed E-state index contributed by atoms with van der Waals surface area (Å²) in [5.41, 5.74) is -1.22. The van der Waals surface area contributed by atoms with Crippen LogP contribution in [0.1, 0.15) is 48.5 Å². The van der Waals surface area contributed by atoms with E-state index in [1.165, 1.54) is 6.92 Å². The predicted molar refractivity (Wildman–Crippen MR) is 76.1 cm³/mol. The van der Waals surface area contributed by atoms with Crippen molar-refractivity contribution < 1.29 is 19.5 Å². The number of hydrogen-bond donors (Lipinski definition) is 3. The number of hydrogen-bond acceptors (Lipinski definition) is 3. The molecular formula is C14H26N2O4. The molecule has 0 heterocycles. The van der Waals surface area contributed by atoms with Crippen molar-refractivity contribution >= 4 is 17.8 Å². The molecule has 0 bridgehead atoms. The molecule has 1 unspecified atom stereocenters. The molecule has 0 rings (SSSR count). The number of aliphatic carboxylic acids is 1. The van der Waals surface area contributed by atoms with E-state index in [1.54, 1.807) is 41.5 Å². The zero-order chi connectivity index (χ0) is 16.3. The lowest BCUT2D eigenvalue weighted by molar-refractivity contribution is -0.145. The number of nitrogens with one attached hydrogen (secondary N) is 2. The Morgan fingerprint density at radius 2 is 1.40 bits per heavy atom. The van der Waals surface area contributed by atoms with Crippen LogP contribution in [0.3, 0.4) is 0 Å². The van der Waals surface area contributed by atoms with Gasteiger partial charge < -0.3 is 15.7 Å². The highest BCUT2D eigenvalue weighted by molar-refractivity contribution is 5.91. The zero-order valence-electron chi connectivity index (χ0n) is 13.3. The predicted octanol–water partition coefficient (Wildman–Crippen LogP) is 1.15. The molecular weight excluding hydrogens is 260 g/mol. The average Bonchev–Trinajstić information content (AvgIpc) is 2.21. The summed E-state index contributed by atoms with van der Waals surface area (Å²) in [6, 6.07) is -1.80. The van der Waals surface area contributed by atoms with Crippen molar-refractivity contribution in [3.8, 4) is 0 Å². The maximum Gasteiger partial charge on any atom is 0.326 e. The Morgan fingerprint density at radius 1 is 0.950 bits per heavy atom. The molecule has 2 amide bonds. The van der Waals surface area contributed by atoms with Gasteiger partial charge in [0, 0.05) is 5.41 Å². The number of carbonyl (C=O) groups is 3. The summed E-state index contributed by atoms with van der Waals surface area (Å²) in [5.74, 6) is -1.87. The zero-order valence-corrected chi connectivity index (χ0v) is 13.3. The molecule has 0 radical (unpaired) electrons. The van der Waals surface area contributed by atoms with E-state index in [4.69, 9.17) is 5.11 Å². The first kappa shape index (κ1) is 18.4. The quantitative estimate of drug-likeness (QED) is 0.722. The van der Waals surface area contributed by atoms with Gasteiger partial charge >= 0.3 is 5.97 Å². The van der Waals surface area contributed by atoms with Crippen LogP contribution in [-0.4, -0.2) is 35.0 Å². The smallest absolute Gasteiger partial charge is 0.326 e. The van der Waals surface area contributed by atoms with Crippen molar-refractivity contribution in [3.63, 3.8) is 0 Å². The number of carboxylic acid groups (broad SMARTS) is 1. The molecule has 3 N–H and O–H groups in total. The van der Waals surface area contributed by atoms with Crippen molar-refractivity contribution in [1.29, 1.82) is 0 Å². The Bertz CT molecular complexity index is 391. The first-order valence-corrected chi connectivity index (χ1v) is 6.61. The molecule has 0 aromatic rings. The summed E-state index contributed by atoms with van der Waals surface area (Å²) in [6.45, 7) is 11.9. The SMILES string of the molecule is CC(NC(=O)C(C)(C)C)C(=O)N[C@@H](C(=O)O)C(C)(C)C. The second-order valence-electron chi connectivity index (χ2n) is 7.09. The van der Waals surface area contributed by atoms with Gasteiger partial charge in [0.25, 0.3) is 0 Å². The average molecular weight is 286 g/mol. The summed E-state index contributed by atoms with van der Waals surface area (Å²) in [7, 11) is 0. The number of amides is 2. The first-order valence-electron chi connectivity index (χ1n) is 6.61. The van der Waals surface area contributed by atoms with E-state index >= 15 is 0 Å². The molecule has 0 saturated heterocycles. The number of carboxylic acids is 1. The van der Waals surface area contributed by atoms with Crippen LogP contribution in [0.4, 0.5) is 0 Å². The van der Waals surface area contributed by atoms with Gasteiger partial charge in [-0.25, -0.2) is 4.79 Å². The maximum atomic E-state index is 12.0. The molecule has 0 aromatic carbocycles. The van der Waals surface area contributed by atoms with E-state index in [0.717, 1.165) is 0 Å². The molecule has 116 valence electrons. The molecule has 0 saturated carbocycles. The van der Waals surface area contributed by atoms with Gasteiger partial charge in [-0.1, -0.05) is 41.5 Å². The van der Waals surface area contributed by atoms with Gasteiger partial charge in [0.15, 0.2) is 0 Å². The summed E-state index contributed by atoms with van der Waals surface area (Å²) in [4.78, 5) is 35.0. The minimum Gasteiger partial charge on any atom is -0.480 e. The Balaban J connectivity index is 4.76. The van der Waals surface area contributed by atoms with Crippen molar-refractivity contribution in [2.24, 2.45) is 10.8 Å². The number of rotatable bonds is 4. The van der Waals surface area contributed by atoms with Crippen LogP contribution in [0.15, 0.2) is 0 Å². The summed E-state index contributed by atoms with van der Waals surface area (Å²) >= 11 is 0. The Labute approximate surface area is 120 Å².